The Morgan fingerprint density at radius 1 is 1.38 bits per heavy atom. The normalized spacial score (nSPS) is 20.4. The monoisotopic (exact) mass is 291 g/mol. The first-order valence-electron chi connectivity index (χ1n) is 7.07. The first-order chi connectivity index (χ1) is 9.88. The first kappa shape index (κ1) is 15.4. The van der Waals surface area contributed by atoms with Gasteiger partial charge in [0.1, 0.15) is 6.61 Å². The van der Waals surface area contributed by atoms with E-state index in [1.807, 2.05) is 30.3 Å². The Balaban J connectivity index is 1.85. The summed E-state index contributed by atoms with van der Waals surface area (Å²) >= 11 is 0. The van der Waals surface area contributed by atoms with Crippen LogP contribution in [0.25, 0.3) is 0 Å². The lowest BCUT2D eigenvalue weighted by Gasteiger charge is -2.18. The molecule has 1 unspecified atom stereocenters. The van der Waals surface area contributed by atoms with Gasteiger partial charge in [-0.1, -0.05) is 44.2 Å². The highest BCUT2D eigenvalue weighted by Crippen LogP contribution is 2.54. The van der Waals surface area contributed by atoms with Crippen molar-refractivity contribution in [2.24, 2.45) is 11.3 Å². The number of rotatable bonds is 6. The second-order valence-corrected chi connectivity index (χ2v) is 6.21. The average Bonchev–Trinajstić information content (AvgIpc) is 3.05. The summed E-state index contributed by atoms with van der Waals surface area (Å²) in [7, 11) is 0. The zero-order valence-electron chi connectivity index (χ0n) is 12.3. The SMILES string of the molecule is CC1(C)CC1[C@@H](CC(=O)O)NC(=O)OCc1ccccc1. The van der Waals surface area contributed by atoms with Crippen LogP contribution in [0.5, 0.6) is 0 Å². The van der Waals surface area contributed by atoms with Crippen molar-refractivity contribution in [1.29, 1.82) is 0 Å². The number of nitrogens with one attached hydrogen (secondary N) is 1. The third-order valence-electron chi connectivity index (χ3n) is 3.99. The predicted molar refractivity (Wildman–Crippen MR) is 77.7 cm³/mol. The van der Waals surface area contributed by atoms with Gasteiger partial charge in [-0.25, -0.2) is 4.79 Å². The van der Waals surface area contributed by atoms with Gasteiger partial charge in [-0.3, -0.25) is 4.79 Å². The predicted octanol–water partition coefficient (Wildman–Crippen LogP) is 2.80. The van der Waals surface area contributed by atoms with Crippen LogP contribution in [0.15, 0.2) is 30.3 Å². The van der Waals surface area contributed by atoms with Crippen LogP contribution in [-0.4, -0.2) is 23.2 Å². The molecular formula is C16H21NO4. The second-order valence-electron chi connectivity index (χ2n) is 6.21. The number of amides is 1. The zero-order chi connectivity index (χ0) is 15.5. The van der Waals surface area contributed by atoms with Gasteiger partial charge >= 0.3 is 12.1 Å². The number of alkyl carbamates (subject to hydrolysis) is 1. The lowest BCUT2D eigenvalue weighted by atomic mass is 10.0. The fourth-order valence-electron chi connectivity index (χ4n) is 2.59. The minimum Gasteiger partial charge on any atom is -0.481 e. The van der Waals surface area contributed by atoms with Gasteiger partial charge in [0.25, 0.3) is 0 Å². The van der Waals surface area contributed by atoms with Crippen molar-refractivity contribution in [3.8, 4) is 0 Å². The maximum atomic E-state index is 11.8. The highest BCUT2D eigenvalue weighted by molar-refractivity contribution is 5.71. The number of carboxylic acid groups (broad SMARTS) is 1. The fourth-order valence-corrected chi connectivity index (χ4v) is 2.59. The molecule has 0 aromatic heterocycles. The van der Waals surface area contributed by atoms with Gasteiger partial charge in [0.15, 0.2) is 0 Å². The largest absolute Gasteiger partial charge is 0.481 e. The molecule has 1 aliphatic rings. The van der Waals surface area contributed by atoms with Gasteiger partial charge in [0.05, 0.1) is 6.42 Å². The molecule has 2 atom stereocenters. The van der Waals surface area contributed by atoms with Crippen LogP contribution in [0.3, 0.4) is 0 Å². The molecule has 0 bridgehead atoms. The van der Waals surface area contributed by atoms with E-state index in [1.165, 1.54) is 0 Å². The number of carboxylic acids is 1. The molecule has 1 amide bonds. The van der Waals surface area contributed by atoms with E-state index in [1.54, 1.807) is 0 Å². The maximum absolute atomic E-state index is 11.8. The molecule has 0 spiro atoms. The number of ether oxygens (including phenoxy) is 1. The molecular weight excluding hydrogens is 270 g/mol. The Hall–Kier alpha value is -2.04. The van der Waals surface area contributed by atoms with Gasteiger partial charge in [-0.05, 0) is 23.3 Å². The Labute approximate surface area is 124 Å². The van der Waals surface area contributed by atoms with E-state index in [2.05, 4.69) is 19.2 Å². The molecule has 2 N–H and O–H groups in total. The summed E-state index contributed by atoms with van der Waals surface area (Å²) in [5.41, 5.74) is 0.988. The smallest absolute Gasteiger partial charge is 0.407 e. The molecule has 0 saturated heterocycles. The number of carbonyl (C=O) groups is 2. The van der Waals surface area contributed by atoms with Crippen LogP contribution < -0.4 is 5.32 Å². The van der Waals surface area contributed by atoms with E-state index in [0.29, 0.717) is 0 Å². The summed E-state index contributed by atoms with van der Waals surface area (Å²) < 4.78 is 5.14. The van der Waals surface area contributed by atoms with E-state index in [9.17, 15) is 9.59 Å². The average molecular weight is 291 g/mol. The number of carbonyl (C=O) groups excluding carboxylic acids is 1. The molecule has 5 heteroatoms. The van der Waals surface area contributed by atoms with Crippen molar-refractivity contribution in [2.75, 3.05) is 0 Å². The molecule has 114 valence electrons. The summed E-state index contributed by atoms with van der Waals surface area (Å²) in [6, 6.07) is 8.99. The van der Waals surface area contributed by atoms with Crippen molar-refractivity contribution >= 4 is 12.1 Å². The highest BCUT2D eigenvalue weighted by atomic mass is 16.5. The van der Waals surface area contributed by atoms with Crippen LogP contribution in [0.2, 0.25) is 0 Å². The number of benzene rings is 1. The lowest BCUT2D eigenvalue weighted by molar-refractivity contribution is -0.137. The maximum Gasteiger partial charge on any atom is 0.407 e. The van der Waals surface area contributed by atoms with E-state index >= 15 is 0 Å². The quantitative estimate of drug-likeness (QED) is 0.845. The lowest BCUT2D eigenvalue weighted by Crippen LogP contribution is -2.39. The second kappa shape index (κ2) is 6.16. The Kier molecular flexibility index (Phi) is 4.50. The first-order valence-corrected chi connectivity index (χ1v) is 7.07. The van der Waals surface area contributed by atoms with Crippen molar-refractivity contribution < 1.29 is 19.4 Å². The van der Waals surface area contributed by atoms with E-state index in [-0.39, 0.29) is 30.4 Å². The standard InChI is InChI=1S/C16H21NO4/c1-16(2)9-12(16)13(8-14(18)19)17-15(20)21-10-11-6-4-3-5-7-11/h3-7,12-13H,8-10H2,1-2H3,(H,17,20)(H,18,19)/t12?,13-/m1/s1. The number of aliphatic carboxylic acids is 1. The van der Waals surface area contributed by atoms with Crippen LogP contribution in [0, 0.1) is 11.3 Å². The molecule has 1 aromatic rings. The van der Waals surface area contributed by atoms with Gasteiger partial charge in [0, 0.05) is 6.04 Å². The van der Waals surface area contributed by atoms with Crippen molar-refractivity contribution in [2.45, 2.75) is 39.3 Å². The number of hydrogen-bond acceptors (Lipinski definition) is 3. The van der Waals surface area contributed by atoms with E-state index in [0.717, 1.165) is 12.0 Å². The van der Waals surface area contributed by atoms with E-state index in [4.69, 9.17) is 9.84 Å². The Bertz CT molecular complexity index is 512. The molecule has 1 aromatic carbocycles. The fraction of sp³-hybridized carbons (Fsp3) is 0.500. The molecule has 1 aliphatic carbocycles. The van der Waals surface area contributed by atoms with Crippen molar-refractivity contribution in [3.63, 3.8) is 0 Å². The number of hydrogen-bond donors (Lipinski definition) is 2. The topological polar surface area (TPSA) is 75.6 Å². The van der Waals surface area contributed by atoms with Gasteiger partial charge in [0.2, 0.25) is 0 Å². The molecule has 1 fully saturated rings. The molecule has 5 nitrogen and oxygen atoms in total. The van der Waals surface area contributed by atoms with Crippen molar-refractivity contribution in [3.05, 3.63) is 35.9 Å². The summed E-state index contributed by atoms with van der Waals surface area (Å²) in [6.45, 7) is 4.33. The van der Waals surface area contributed by atoms with Crippen LogP contribution in [0.4, 0.5) is 4.79 Å². The van der Waals surface area contributed by atoms with Crippen LogP contribution in [0.1, 0.15) is 32.3 Å². The summed E-state index contributed by atoms with van der Waals surface area (Å²) in [4.78, 5) is 22.7. The van der Waals surface area contributed by atoms with Crippen LogP contribution in [-0.2, 0) is 16.1 Å². The van der Waals surface area contributed by atoms with Crippen LogP contribution >= 0.6 is 0 Å². The summed E-state index contributed by atoms with van der Waals surface area (Å²) in [6.07, 6.45) is 0.283. The Morgan fingerprint density at radius 2 is 2.00 bits per heavy atom. The van der Waals surface area contributed by atoms with Gasteiger partial charge < -0.3 is 15.2 Å². The molecule has 0 radical (unpaired) electrons. The van der Waals surface area contributed by atoms with E-state index < -0.39 is 12.1 Å². The Morgan fingerprint density at radius 3 is 2.52 bits per heavy atom. The molecule has 0 heterocycles. The molecule has 2 rings (SSSR count). The highest BCUT2D eigenvalue weighted by Gasteiger charge is 2.51. The summed E-state index contributed by atoms with van der Waals surface area (Å²) in [5.74, 6) is -0.719. The molecule has 21 heavy (non-hydrogen) atoms. The minimum atomic E-state index is -0.911. The van der Waals surface area contributed by atoms with Gasteiger partial charge in [-0.15, -0.1) is 0 Å². The molecule has 1 saturated carbocycles. The zero-order valence-corrected chi connectivity index (χ0v) is 12.3. The minimum absolute atomic E-state index is 0.0749. The summed E-state index contributed by atoms with van der Waals surface area (Å²) in [5, 5.41) is 11.7. The third-order valence-corrected chi connectivity index (χ3v) is 3.99. The third kappa shape index (κ3) is 4.48. The van der Waals surface area contributed by atoms with Gasteiger partial charge in [-0.2, -0.15) is 0 Å². The molecule has 0 aliphatic heterocycles. The van der Waals surface area contributed by atoms with Crippen molar-refractivity contribution in [1.82, 2.24) is 5.32 Å².